The van der Waals surface area contributed by atoms with Crippen molar-refractivity contribution in [2.75, 3.05) is 33.2 Å². The second-order valence-corrected chi connectivity index (χ2v) is 4.15. The molecule has 2 N–H and O–H groups in total. The van der Waals surface area contributed by atoms with Crippen LogP contribution in [0, 0.1) is 11.3 Å². The van der Waals surface area contributed by atoms with E-state index in [4.69, 9.17) is 14.7 Å². The predicted molar refractivity (Wildman–Crippen MR) is 81.9 cm³/mol. The molecule has 0 saturated heterocycles. The second kappa shape index (κ2) is 8.94. The molecule has 0 unspecified atom stereocenters. The summed E-state index contributed by atoms with van der Waals surface area (Å²) in [5.74, 6) is -0.240. The molecule has 0 aliphatic rings. The number of nitriles is 1. The number of hydrogen-bond acceptors (Lipinski definition) is 7. The molecule has 23 heavy (non-hydrogen) atoms. The Bertz CT molecular complexity index is 649. The van der Waals surface area contributed by atoms with E-state index < -0.39 is 11.9 Å². The molecule has 1 aromatic carbocycles. The average Bonchev–Trinajstić information content (AvgIpc) is 2.58. The molecule has 1 amide bonds. The van der Waals surface area contributed by atoms with Crippen molar-refractivity contribution in [3.8, 4) is 17.6 Å². The minimum absolute atomic E-state index is 0.155. The molecule has 0 atom stereocenters. The molecule has 1 rings (SSSR count). The molecule has 0 aliphatic carbocycles. The van der Waals surface area contributed by atoms with Crippen LogP contribution in [0.1, 0.15) is 0 Å². The summed E-state index contributed by atoms with van der Waals surface area (Å²) in [5.41, 5.74) is 0.143. The third-order valence-electron chi connectivity index (χ3n) is 2.74. The summed E-state index contributed by atoms with van der Waals surface area (Å²) in [6.07, 6.45) is 1.14. The van der Waals surface area contributed by atoms with Crippen molar-refractivity contribution in [1.29, 1.82) is 5.26 Å². The molecule has 8 heteroatoms. The van der Waals surface area contributed by atoms with Gasteiger partial charge in [-0.2, -0.15) is 5.26 Å². The number of ether oxygens (including phenoxy) is 3. The van der Waals surface area contributed by atoms with E-state index in [0.29, 0.717) is 17.2 Å². The van der Waals surface area contributed by atoms with Crippen LogP contribution in [0.5, 0.6) is 11.5 Å². The highest BCUT2D eigenvalue weighted by molar-refractivity contribution is 6.07. The first-order valence-electron chi connectivity index (χ1n) is 6.49. The van der Waals surface area contributed by atoms with Crippen molar-refractivity contribution < 1.29 is 23.8 Å². The van der Waals surface area contributed by atoms with E-state index in [2.05, 4.69) is 15.4 Å². The van der Waals surface area contributed by atoms with Crippen molar-refractivity contribution in [2.24, 2.45) is 0 Å². The molecule has 0 spiro atoms. The van der Waals surface area contributed by atoms with Gasteiger partial charge in [0.05, 0.1) is 27.0 Å². The maximum absolute atomic E-state index is 12.1. The molecule has 8 nitrogen and oxygen atoms in total. The van der Waals surface area contributed by atoms with Gasteiger partial charge in [-0.15, -0.1) is 0 Å². The van der Waals surface area contributed by atoms with Gasteiger partial charge < -0.3 is 24.8 Å². The molecule has 0 saturated carbocycles. The van der Waals surface area contributed by atoms with Crippen molar-refractivity contribution in [3.05, 3.63) is 30.0 Å². The molecular formula is C15H17N3O5. The molecule has 0 bridgehead atoms. The number of hydrogen-bond donors (Lipinski definition) is 2. The summed E-state index contributed by atoms with van der Waals surface area (Å²) in [5, 5.41) is 14.1. The van der Waals surface area contributed by atoms with Gasteiger partial charge in [-0.1, -0.05) is 0 Å². The van der Waals surface area contributed by atoms with E-state index in [0.717, 1.165) is 6.20 Å². The minimum Gasteiger partial charge on any atom is -0.497 e. The number of benzene rings is 1. The predicted octanol–water partition coefficient (Wildman–Crippen LogP) is 0.812. The van der Waals surface area contributed by atoms with Crippen LogP contribution in [0.4, 0.5) is 5.69 Å². The first-order valence-corrected chi connectivity index (χ1v) is 6.49. The number of anilines is 1. The highest BCUT2D eigenvalue weighted by Crippen LogP contribution is 2.29. The SMILES string of the molecule is COC(=O)CN/C=C(/C#N)C(=O)Nc1cc(OC)ccc1OC. The van der Waals surface area contributed by atoms with Crippen LogP contribution in [0.15, 0.2) is 30.0 Å². The van der Waals surface area contributed by atoms with Gasteiger partial charge in [0.2, 0.25) is 0 Å². The van der Waals surface area contributed by atoms with Crippen molar-refractivity contribution in [3.63, 3.8) is 0 Å². The van der Waals surface area contributed by atoms with Gasteiger partial charge in [0.15, 0.2) is 0 Å². The van der Waals surface area contributed by atoms with Crippen LogP contribution in [0.2, 0.25) is 0 Å². The maximum atomic E-state index is 12.1. The van der Waals surface area contributed by atoms with E-state index in [-0.39, 0.29) is 12.1 Å². The topological polar surface area (TPSA) is 110 Å². The number of nitrogens with zero attached hydrogens (tertiary/aromatic N) is 1. The highest BCUT2D eigenvalue weighted by Gasteiger charge is 2.13. The van der Waals surface area contributed by atoms with E-state index in [1.54, 1.807) is 24.3 Å². The Morgan fingerprint density at radius 3 is 2.57 bits per heavy atom. The summed E-state index contributed by atoms with van der Waals surface area (Å²) in [6, 6.07) is 6.60. The third-order valence-corrected chi connectivity index (χ3v) is 2.74. The second-order valence-electron chi connectivity index (χ2n) is 4.15. The first kappa shape index (κ1) is 17.8. The molecular weight excluding hydrogens is 302 g/mol. The smallest absolute Gasteiger partial charge is 0.325 e. The number of carbonyl (C=O) groups is 2. The lowest BCUT2D eigenvalue weighted by atomic mass is 10.2. The zero-order valence-electron chi connectivity index (χ0n) is 13.0. The summed E-state index contributed by atoms with van der Waals surface area (Å²) in [7, 11) is 4.18. The Labute approximate surface area is 133 Å². The van der Waals surface area contributed by atoms with Gasteiger partial charge in [-0.25, -0.2) is 0 Å². The van der Waals surface area contributed by atoms with E-state index in [9.17, 15) is 9.59 Å². The minimum atomic E-state index is -0.656. The summed E-state index contributed by atoms with van der Waals surface area (Å²) in [6.45, 7) is -0.155. The summed E-state index contributed by atoms with van der Waals surface area (Å²) < 4.78 is 14.6. The number of esters is 1. The summed E-state index contributed by atoms with van der Waals surface area (Å²) >= 11 is 0. The van der Waals surface area contributed by atoms with Crippen LogP contribution in [0.3, 0.4) is 0 Å². The first-order chi connectivity index (χ1) is 11.0. The van der Waals surface area contributed by atoms with Crippen LogP contribution >= 0.6 is 0 Å². The fourth-order valence-electron chi connectivity index (χ4n) is 1.56. The Kier molecular flexibility index (Phi) is 6.94. The lowest BCUT2D eigenvalue weighted by Gasteiger charge is -2.11. The Morgan fingerprint density at radius 2 is 2.00 bits per heavy atom. The van der Waals surface area contributed by atoms with Crippen LogP contribution < -0.4 is 20.1 Å². The van der Waals surface area contributed by atoms with Gasteiger partial charge in [0.1, 0.15) is 29.7 Å². The van der Waals surface area contributed by atoms with Gasteiger partial charge in [0.25, 0.3) is 5.91 Å². The molecule has 122 valence electrons. The van der Waals surface area contributed by atoms with Gasteiger partial charge in [0, 0.05) is 12.3 Å². The normalized spacial score (nSPS) is 10.3. The van der Waals surface area contributed by atoms with Crippen LogP contribution in [0.25, 0.3) is 0 Å². The summed E-state index contributed by atoms with van der Waals surface area (Å²) in [4.78, 5) is 23.1. The number of nitrogens with one attached hydrogen (secondary N) is 2. The lowest BCUT2D eigenvalue weighted by molar-refractivity contribution is -0.139. The highest BCUT2D eigenvalue weighted by atomic mass is 16.5. The van der Waals surface area contributed by atoms with Crippen molar-refractivity contribution >= 4 is 17.6 Å². The number of rotatable bonds is 7. The Hall–Kier alpha value is -3.21. The molecule has 0 aromatic heterocycles. The molecule has 0 fully saturated rings. The fraction of sp³-hybridized carbons (Fsp3) is 0.267. The molecule has 1 aromatic rings. The number of methoxy groups -OCH3 is 3. The van der Waals surface area contributed by atoms with Crippen LogP contribution in [-0.2, 0) is 14.3 Å². The zero-order valence-corrected chi connectivity index (χ0v) is 13.0. The van der Waals surface area contributed by atoms with Crippen molar-refractivity contribution in [2.45, 2.75) is 0 Å². The average molecular weight is 319 g/mol. The molecule has 0 aliphatic heterocycles. The van der Waals surface area contributed by atoms with Gasteiger partial charge >= 0.3 is 5.97 Å². The molecule has 0 radical (unpaired) electrons. The van der Waals surface area contributed by atoms with Gasteiger partial charge in [-0.3, -0.25) is 9.59 Å². The zero-order chi connectivity index (χ0) is 17.2. The van der Waals surface area contributed by atoms with Crippen LogP contribution in [-0.4, -0.2) is 39.8 Å². The monoisotopic (exact) mass is 319 g/mol. The Balaban J connectivity index is 2.86. The van der Waals surface area contributed by atoms with E-state index in [1.807, 2.05) is 0 Å². The standard InChI is InChI=1S/C15H17N3O5/c1-21-11-4-5-13(22-2)12(6-11)18-15(20)10(7-16)8-17-9-14(19)23-3/h4-6,8,17H,9H2,1-3H3,(H,18,20)/b10-8-. The molecule has 0 heterocycles. The van der Waals surface area contributed by atoms with Crippen molar-refractivity contribution in [1.82, 2.24) is 5.32 Å². The number of carbonyl (C=O) groups excluding carboxylic acids is 2. The largest absolute Gasteiger partial charge is 0.497 e. The Morgan fingerprint density at radius 1 is 1.26 bits per heavy atom. The quantitative estimate of drug-likeness (QED) is 0.435. The maximum Gasteiger partial charge on any atom is 0.325 e. The lowest BCUT2D eigenvalue weighted by Crippen LogP contribution is -2.22. The van der Waals surface area contributed by atoms with E-state index in [1.165, 1.54) is 21.3 Å². The van der Waals surface area contributed by atoms with Gasteiger partial charge in [-0.05, 0) is 12.1 Å². The number of amides is 1. The van der Waals surface area contributed by atoms with E-state index >= 15 is 0 Å². The fourth-order valence-corrected chi connectivity index (χ4v) is 1.56. The third kappa shape index (κ3) is 5.24.